The molecule has 1 amide bonds. The van der Waals surface area contributed by atoms with Crippen molar-refractivity contribution < 1.29 is 9.53 Å². The summed E-state index contributed by atoms with van der Waals surface area (Å²) >= 11 is 12.2. The summed E-state index contributed by atoms with van der Waals surface area (Å²) in [6.07, 6.45) is 1.84. The summed E-state index contributed by atoms with van der Waals surface area (Å²) in [4.78, 5) is 14.7. The second kappa shape index (κ2) is 6.19. The standard InChI is InChI=1S/C17H15Cl2NO2/c1-22-14-9-2-5-11-6-4-10-20(16(11)14)17(21)12-7-3-8-13(18)15(12)19/h2-3,5,7-9H,4,6,10H2,1H3. The number of amides is 1. The Labute approximate surface area is 139 Å². The van der Waals surface area contributed by atoms with Gasteiger partial charge in [0.1, 0.15) is 5.75 Å². The Morgan fingerprint density at radius 2 is 1.95 bits per heavy atom. The van der Waals surface area contributed by atoms with Gasteiger partial charge in [-0.1, -0.05) is 41.4 Å². The Bertz CT molecular complexity index is 716. The van der Waals surface area contributed by atoms with Crippen molar-refractivity contribution in [2.24, 2.45) is 0 Å². The molecule has 1 aliphatic heterocycles. The van der Waals surface area contributed by atoms with Gasteiger partial charge < -0.3 is 9.64 Å². The maximum Gasteiger partial charge on any atom is 0.259 e. The summed E-state index contributed by atoms with van der Waals surface area (Å²) < 4.78 is 5.43. The van der Waals surface area contributed by atoms with Crippen LogP contribution in [0.1, 0.15) is 22.3 Å². The van der Waals surface area contributed by atoms with E-state index in [-0.39, 0.29) is 10.9 Å². The van der Waals surface area contributed by atoms with Crippen LogP contribution >= 0.6 is 23.2 Å². The van der Waals surface area contributed by atoms with Crippen LogP contribution in [0.3, 0.4) is 0 Å². The van der Waals surface area contributed by atoms with Crippen LogP contribution in [0.5, 0.6) is 5.75 Å². The van der Waals surface area contributed by atoms with E-state index < -0.39 is 0 Å². The zero-order valence-corrected chi connectivity index (χ0v) is 13.6. The summed E-state index contributed by atoms with van der Waals surface area (Å²) in [6, 6.07) is 10.9. The van der Waals surface area contributed by atoms with E-state index in [2.05, 4.69) is 0 Å². The van der Waals surface area contributed by atoms with Crippen molar-refractivity contribution in [3.05, 3.63) is 57.6 Å². The molecule has 0 aliphatic carbocycles. The van der Waals surface area contributed by atoms with Crippen molar-refractivity contribution >= 4 is 34.8 Å². The summed E-state index contributed by atoms with van der Waals surface area (Å²) in [5.74, 6) is 0.543. The summed E-state index contributed by atoms with van der Waals surface area (Å²) in [7, 11) is 1.61. The van der Waals surface area contributed by atoms with E-state index in [0.29, 0.717) is 22.9 Å². The Kier molecular flexibility index (Phi) is 4.27. The molecule has 3 nitrogen and oxygen atoms in total. The topological polar surface area (TPSA) is 29.5 Å². The molecule has 0 atom stereocenters. The molecule has 0 N–H and O–H groups in total. The molecule has 1 heterocycles. The molecule has 3 rings (SSSR count). The van der Waals surface area contributed by atoms with Gasteiger partial charge in [0.25, 0.3) is 5.91 Å². The summed E-state index contributed by atoms with van der Waals surface area (Å²) in [5, 5.41) is 0.668. The fourth-order valence-electron chi connectivity index (χ4n) is 2.80. The van der Waals surface area contributed by atoms with Crippen molar-refractivity contribution in [2.45, 2.75) is 12.8 Å². The van der Waals surface area contributed by atoms with Gasteiger partial charge >= 0.3 is 0 Å². The average molecular weight is 336 g/mol. The summed E-state index contributed by atoms with van der Waals surface area (Å²) in [6.45, 7) is 0.634. The first-order valence-electron chi connectivity index (χ1n) is 7.05. The van der Waals surface area contributed by atoms with Gasteiger partial charge in [0.15, 0.2) is 0 Å². The van der Waals surface area contributed by atoms with Crippen LogP contribution in [0, 0.1) is 0 Å². The van der Waals surface area contributed by atoms with E-state index in [1.165, 1.54) is 0 Å². The van der Waals surface area contributed by atoms with E-state index >= 15 is 0 Å². The molecule has 0 spiro atoms. The fourth-order valence-corrected chi connectivity index (χ4v) is 3.18. The Balaban J connectivity index is 2.08. The van der Waals surface area contributed by atoms with Gasteiger partial charge in [-0.3, -0.25) is 4.79 Å². The van der Waals surface area contributed by atoms with Crippen LogP contribution in [0.15, 0.2) is 36.4 Å². The summed E-state index contributed by atoms with van der Waals surface area (Å²) in [5.41, 5.74) is 2.35. The third-order valence-electron chi connectivity index (χ3n) is 3.83. The molecule has 2 aromatic rings. The molecule has 0 fully saturated rings. The predicted molar refractivity (Wildman–Crippen MR) is 89.5 cm³/mol. The molecule has 0 aromatic heterocycles. The lowest BCUT2D eigenvalue weighted by Gasteiger charge is -2.31. The van der Waals surface area contributed by atoms with Gasteiger partial charge in [-0.2, -0.15) is 0 Å². The molecule has 2 aromatic carbocycles. The third kappa shape index (κ3) is 2.55. The number of halogens is 2. The Morgan fingerprint density at radius 1 is 1.18 bits per heavy atom. The third-order valence-corrected chi connectivity index (χ3v) is 4.65. The zero-order chi connectivity index (χ0) is 15.7. The molecular weight excluding hydrogens is 321 g/mol. The fraction of sp³-hybridized carbons (Fsp3) is 0.235. The molecule has 0 unspecified atom stereocenters. The number of para-hydroxylation sites is 1. The minimum absolute atomic E-state index is 0.155. The number of carbonyl (C=O) groups excluding carboxylic acids is 1. The number of ether oxygens (including phenoxy) is 1. The molecule has 0 saturated carbocycles. The number of nitrogens with zero attached hydrogens (tertiary/aromatic N) is 1. The molecule has 0 bridgehead atoms. The van der Waals surface area contributed by atoms with E-state index in [1.807, 2.05) is 18.2 Å². The number of fused-ring (bicyclic) bond motifs is 1. The first-order chi connectivity index (χ1) is 10.6. The van der Waals surface area contributed by atoms with Gasteiger partial charge in [0, 0.05) is 6.54 Å². The highest BCUT2D eigenvalue weighted by molar-refractivity contribution is 6.44. The van der Waals surface area contributed by atoms with Crippen LogP contribution in [-0.2, 0) is 6.42 Å². The molecule has 5 heteroatoms. The van der Waals surface area contributed by atoms with Crippen molar-refractivity contribution in [2.75, 3.05) is 18.6 Å². The number of carbonyl (C=O) groups is 1. The number of rotatable bonds is 2. The Morgan fingerprint density at radius 3 is 2.73 bits per heavy atom. The van der Waals surface area contributed by atoms with Gasteiger partial charge in [0.2, 0.25) is 0 Å². The average Bonchev–Trinajstić information content (AvgIpc) is 2.55. The number of benzene rings is 2. The van der Waals surface area contributed by atoms with Crippen LogP contribution in [0.2, 0.25) is 10.0 Å². The highest BCUT2D eigenvalue weighted by Crippen LogP contribution is 2.38. The zero-order valence-electron chi connectivity index (χ0n) is 12.1. The highest BCUT2D eigenvalue weighted by atomic mass is 35.5. The van der Waals surface area contributed by atoms with Crippen molar-refractivity contribution in [3.63, 3.8) is 0 Å². The van der Waals surface area contributed by atoms with Crippen molar-refractivity contribution in [1.29, 1.82) is 0 Å². The SMILES string of the molecule is COc1cccc2c1N(C(=O)c1cccc(Cl)c1Cl)CCC2. The number of anilines is 1. The number of hydrogen-bond acceptors (Lipinski definition) is 2. The quantitative estimate of drug-likeness (QED) is 0.802. The van der Waals surface area contributed by atoms with Crippen molar-refractivity contribution in [1.82, 2.24) is 0 Å². The molecule has 114 valence electrons. The molecule has 0 radical (unpaired) electrons. The molecular formula is C17H15Cl2NO2. The number of hydrogen-bond donors (Lipinski definition) is 0. The molecule has 1 aliphatic rings. The second-order valence-electron chi connectivity index (χ2n) is 5.13. The highest BCUT2D eigenvalue weighted by Gasteiger charge is 2.28. The van der Waals surface area contributed by atoms with Gasteiger partial charge in [-0.05, 0) is 36.6 Å². The van der Waals surface area contributed by atoms with E-state index in [0.717, 1.165) is 24.1 Å². The van der Waals surface area contributed by atoms with Gasteiger partial charge in [-0.15, -0.1) is 0 Å². The smallest absolute Gasteiger partial charge is 0.259 e. The lowest BCUT2D eigenvalue weighted by molar-refractivity contribution is 0.0984. The van der Waals surface area contributed by atoms with E-state index in [4.69, 9.17) is 27.9 Å². The van der Waals surface area contributed by atoms with Crippen LogP contribution in [-0.4, -0.2) is 19.6 Å². The van der Waals surface area contributed by atoms with Crippen LogP contribution in [0.25, 0.3) is 0 Å². The predicted octanol–water partition coefficient (Wildman–Crippen LogP) is 4.60. The normalized spacial score (nSPS) is 13.7. The molecule has 0 saturated heterocycles. The molecule has 22 heavy (non-hydrogen) atoms. The first kappa shape index (κ1) is 15.2. The number of aryl methyl sites for hydroxylation is 1. The monoisotopic (exact) mass is 335 g/mol. The maximum absolute atomic E-state index is 12.9. The first-order valence-corrected chi connectivity index (χ1v) is 7.81. The lowest BCUT2D eigenvalue weighted by atomic mass is 10.00. The maximum atomic E-state index is 12.9. The Hall–Kier alpha value is -1.71. The number of methoxy groups -OCH3 is 1. The van der Waals surface area contributed by atoms with E-state index in [9.17, 15) is 4.79 Å². The minimum Gasteiger partial charge on any atom is -0.495 e. The van der Waals surface area contributed by atoms with Crippen molar-refractivity contribution in [3.8, 4) is 5.75 Å². The largest absolute Gasteiger partial charge is 0.495 e. The van der Waals surface area contributed by atoms with E-state index in [1.54, 1.807) is 30.2 Å². The van der Waals surface area contributed by atoms with Crippen LogP contribution < -0.4 is 9.64 Å². The second-order valence-corrected chi connectivity index (χ2v) is 5.91. The van der Waals surface area contributed by atoms with Gasteiger partial charge in [-0.25, -0.2) is 0 Å². The van der Waals surface area contributed by atoms with Crippen LogP contribution in [0.4, 0.5) is 5.69 Å². The minimum atomic E-state index is -0.155. The van der Waals surface area contributed by atoms with Gasteiger partial charge in [0.05, 0.1) is 28.4 Å². The lowest BCUT2D eigenvalue weighted by Crippen LogP contribution is -2.36.